The molecule has 118 valence electrons. The fraction of sp³-hybridized carbons (Fsp3) is 0.222. The van der Waals surface area contributed by atoms with E-state index >= 15 is 0 Å². The van der Waals surface area contributed by atoms with Gasteiger partial charge in [-0.15, -0.1) is 0 Å². The average Bonchev–Trinajstić information content (AvgIpc) is 2.96. The van der Waals surface area contributed by atoms with Crippen LogP contribution in [0, 0.1) is 13.8 Å². The quantitative estimate of drug-likeness (QED) is 0.691. The Morgan fingerprint density at radius 2 is 1.87 bits per heavy atom. The van der Waals surface area contributed by atoms with Crippen LogP contribution in [-0.4, -0.2) is 10.1 Å². The molecule has 0 spiro atoms. The third-order valence-electron chi connectivity index (χ3n) is 3.47. The van der Waals surface area contributed by atoms with Crippen LogP contribution in [0.15, 0.2) is 47.0 Å². The number of halogens is 1. The van der Waals surface area contributed by atoms with Crippen LogP contribution in [-0.2, 0) is 13.0 Å². The maximum atomic E-state index is 5.87. The van der Waals surface area contributed by atoms with Crippen molar-refractivity contribution in [3.8, 4) is 5.75 Å². The Kier molecular flexibility index (Phi) is 4.63. The number of ether oxygens (including phenoxy) is 1. The fourth-order valence-electron chi connectivity index (χ4n) is 2.31. The molecule has 0 aliphatic rings. The SMILES string of the molecule is Cc1ccc(OCc2nc(Cc3ccc(Cl)cc3)no2)c(C)c1. The lowest BCUT2D eigenvalue weighted by Gasteiger charge is -2.07. The monoisotopic (exact) mass is 328 g/mol. The van der Waals surface area contributed by atoms with E-state index in [2.05, 4.69) is 23.1 Å². The maximum Gasteiger partial charge on any atom is 0.264 e. The molecule has 2 aromatic carbocycles. The number of hydrogen-bond donors (Lipinski definition) is 0. The molecule has 1 aromatic heterocycles. The average molecular weight is 329 g/mol. The number of rotatable bonds is 5. The summed E-state index contributed by atoms with van der Waals surface area (Å²) in [4.78, 5) is 4.35. The van der Waals surface area contributed by atoms with Crippen molar-refractivity contribution in [2.24, 2.45) is 0 Å². The molecular weight excluding hydrogens is 312 g/mol. The lowest BCUT2D eigenvalue weighted by atomic mass is 10.1. The van der Waals surface area contributed by atoms with Crippen LogP contribution in [0.2, 0.25) is 5.02 Å². The van der Waals surface area contributed by atoms with Crippen molar-refractivity contribution in [3.05, 3.63) is 75.9 Å². The molecule has 1 heterocycles. The third kappa shape index (κ3) is 4.11. The molecule has 0 fully saturated rings. The van der Waals surface area contributed by atoms with Gasteiger partial charge in [0.2, 0.25) is 0 Å². The number of nitrogens with zero attached hydrogens (tertiary/aromatic N) is 2. The second-order valence-corrected chi connectivity index (χ2v) is 5.90. The molecule has 5 heteroatoms. The summed E-state index contributed by atoms with van der Waals surface area (Å²) >= 11 is 5.87. The van der Waals surface area contributed by atoms with Crippen LogP contribution in [0.25, 0.3) is 0 Å². The number of aryl methyl sites for hydroxylation is 2. The zero-order valence-electron chi connectivity index (χ0n) is 13.0. The summed E-state index contributed by atoms with van der Waals surface area (Å²) in [5.74, 6) is 1.92. The largest absolute Gasteiger partial charge is 0.483 e. The Balaban J connectivity index is 1.62. The molecule has 0 radical (unpaired) electrons. The van der Waals surface area contributed by atoms with Crippen molar-refractivity contribution in [2.75, 3.05) is 0 Å². The van der Waals surface area contributed by atoms with Gasteiger partial charge in [-0.2, -0.15) is 4.98 Å². The lowest BCUT2D eigenvalue weighted by Crippen LogP contribution is -1.98. The first-order valence-electron chi connectivity index (χ1n) is 7.36. The number of aromatic nitrogens is 2. The number of hydrogen-bond acceptors (Lipinski definition) is 4. The van der Waals surface area contributed by atoms with Crippen molar-refractivity contribution < 1.29 is 9.26 Å². The molecule has 0 aliphatic carbocycles. The van der Waals surface area contributed by atoms with Gasteiger partial charge < -0.3 is 9.26 Å². The zero-order valence-corrected chi connectivity index (χ0v) is 13.8. The highest BCUT2D eigenvalue weighted by Gasteiger charge is 2.09. The van der Waals surface area contributed by atoms with Crippen molar-refractivity contribution in [1.82, 2.24) is 10.1 Å². The van der Waals surface area contributed by atoms with Gasteiger partial charge in [0.25, 0.3) is 5.89 Å². The van der Waals surface area contributed by atoms with Crippen molar-refractivity contribution in [2.45, 2.75) is 26.9 Å². The second kappa shape index (κ2) is 6.84. The van der Waals surface area contributed by atoms with E-state index in [0.29, 0.717) is 23.2 Å². The van der Waals surface area contributed by atoms with Crippen molar-refractivity contribution in [3.63, 3.8) is 0 Å². The smallest absolute Gasteiger partial charge is 0.264 e. The number of benzene rings is 2. The third-order valence-corrected chi connectivity index (χ3v) is 3.72. The molecule has 23 heavy (non-hydrogen) atoms. The molecule has 3 aromatic rings. The molecule has 0 atom stereocenters. The van der Waals surface area contributed by atoms with Crippen LogP contribution >= 0.6 is 11.6 Å². The van der Waals surface area contributed by atoms with Gasteiger partial charge in [0, 0.05) is 11.4 Å². The fourth-order valence-corrected chi connectivity index (χ4v) is 2.43. The molecule has 0 saturated carbocycles. The predicted octanol–water partition coefficient (Wildman–Crippen LogP) is 4.51. The summed E-state index contributed by atoms with van der Waals surface area (Å²) in [6, 6.07) is 13.6. The maximum absolute atomic E-state index is 5.87. The van der Waals surface area contributed by atoms with Gasteiger partial charge in [-0.1, -0.05) is 46.6 Å². The summed E-state index contributed by atoms with van der Waals surface area (Å²) in [6.45, 7) is 4.33. The first-order valence-corrected chi connectivity index (χ1v) is 7.74. The molecule has 0 bridgehead atoms. The van der Waals surface area contributed by atoms with Gasteiger partial charge in [0.05, 0.1) is 0 Å². The minimum absolute atomic E-state index is 0.261. The van der Waals surface area contributed by atoms with E-state index in [9.17, 15) is 0 Å². The minimum atomic E-state index is 0.261. The molecule has 0 amide bonds. The topological polar surface area (TPSA) is 48.2 Å². The van der Waals surface area contributed by atoms with Gasteiger partial charge in [-0.25, -0.2) is 0 Å². The summed E-state index contributed by atoms with van der Waals surface area (Å²) < 4.78 is 11.0. The van der Waals surface area contributed by atoms with E-state index < -0.39 is 0 Å². The van der Waals surface area contributed by atoms with Gasteiger partial charge in [0.15, 0.2) is 12.4 Å². The summed E-state index contributed by atoms with van der Waals surface area (Å²) in [6.07, 6.45) is 0.601. The van der Waals surface area contributed by atoms with Crippen LogP contribution in [0.4, 0.5) is 0 Å². The Hall–Kier alpha value is -2.33. The van der Waals surface area contributed by atoms with Gasteiger partial charge >= 0.3 is 0 Å². The minimum Gasteiger partial charge on any atom is -0.483 e. The van der Waals surface area contributed by atoms with E-state index in [4.69, 9.17) is 20.9 Å². The first kappa shape index (κ1) is 15.6. The van der Waals surface area contributed by atoms with E-state index in [0.717, 1.165) is 16.9 Å². The second-order valence-electron chi connectivity index (χ2n) is 5.47. The van der Waals surface area contributed by atoms with Crippen molar-refractivity contribution in [1.29, 1.82) is 0 Å². The lowest BCUT2D eigenvalue weighted by molar-refractivity contribution is 0.241. The highest BCUT2D eigenvalue weighted by atomic mass is 35.5. The molecule has 0 saturated heterocycles. The Labute approximate surface area is 140 Å². The van der Waals surface area contributed by atoms with E-state index in [1.54, 1.807) is 0 Å². The Morgan fingerprint density at radius 1 is 1.09 bits per heavy atom. The van der Waals surface area contributed by atoms with Gasteiger partial charge in [-0.3, -0.25) is 0 Å². The van der Waals surface area contributed by atoms with E-state index in [1.807, 2.05) is 43.3 Å². The molecular formula is C18H17ClN2O2. The van der Waals surface area contributed by atoms with Crippen LogP contribution in [0.3, 0.4) is 0 Å². The molecule has 3 rings (SSSR count). The van der Waals surface area contributed by atoms with Gasteiger partial charge in [0.1, 0.15) is 5.75 Å². The summed E-state index contributed by atoms with van der Waals surface area (Å²) in [5.41, 5.74) is 3.38. The normalized spacial score (nSPS) is 10.7. The van der Waals surface area contributed by atoms with E-state index in [-0.39, 0.29) is 6.61 Å². The highest BCUT2D eigenvalue weighted by Crippen LogP contribution is 2.20. The first-order chi connectivity index (χ1) is 11.1. The van der Waals surface area contributed by atoms with E-state index in [1.165, 1.54) is 5.56 Å². The predicted molar refractivity (Wildman–Crippen MR) is 88.8 cm³/mol. The van der Waals surface area contributed by atoms with Crippen LogP contribution < -0.4 is 4.74 Å². The standard InChI is InChI=1S/C18H17ClN2O2/c1-12-3-8-16(13(2)9-12)22-11-18-20-17(21-23-18)10-14-4-6-15(19)7-5-14/h3-9H,10-11H2,1-2H3. The molecule has 4 nitrogen and oxygen atoms in total. The highest BCUT2D eigenvalue weighted by molar-refractivity contribution is 6.30. The Morgan fingerprint density at radius 3 is 2.61 bits per heavy atom. The van der Waals surface area contributed by atoms with Gasteiger partial charge in [-0.05, 0) is 43.2 Å². The zero-order chi connectivity index (χ0) is 16.2. The molecule has 0 N–H and O–H groups in total. The summed E-state index contributed by atoms with van der Waals surface area (Å²) in [5, 5.41) is 4.70. The Bertz CT molecular complexity index is 797. The van der Waals surface area contributed by atoms with Crippen LogP contribution in [0.1, 0.15) is 28.4 Å². The van der Waals surface area contributed by atoms with Crippen molar-refractivity contribution >= 4 is 11.6 Å². The van der Waals surface area contributed by atoms with Crippen LogP contribution in [0.5, 0.6) is 5.75 Å². The molecule has 0 unspecified atom stereocenters. The molecule has 0 aliphatic heterocycles. The summed E-state index contributed by atoms with van der Waals surface area (Å²) in [7, 11) is 0.